The molecule has 2 heteroatoms. The molecule has 0 saturated heterocycles. The number of hydrogen-bond acceptors (Lipinski definition) is 2. The van der Waals surface area contributed by atoms with Crippen molar-refractivity contribution in [2.45, 2.75) is 226 Å². The molecule has 0 aromatic rings. The van der Waals surface area contributed by atoms with Crippen molar-refractivity contribution in [1.29, 1.82) is 0 Å². The minimum atomic E-state index is 0.0289. The van der Waals surface area contributed by atoms with Gasteiger partial charge in [0.15, 0.2) is 0 Å². The van der Waals surface area contributed by atoms with Gasteiger partial charge >= 0.3 is 5.97 Å². The zero-order valence-corrected chi connectivity index (χ0v) is 27.4. The molecule has 0 aromatic heterocycles. The standard InChI is InChI=1S/C37H74O2/c1-3-5-7-9-11-13-15-17-19-20-21-22-23-25-27-29-31-33-35-37(38)39-36-34-32-30-28-26-24-18-16-14-12-10-8-6-4-2/h3-36H2,1-2H3. The fourth-order valence-electron chi connectivity index (χ4n) is 5.73. The molecule has 0 aliphatic carbocycles. The van der Waals surface area contributed by atoms with Gasteiger partial charge in [0.1, 0.15) is 0 Å². The molecule has 39 heavy (non-hydrogen) atoms. The monoisotopic (exact) mass is 551 g/mol. The summed E-state index contributed by atoms with van der Waals surface area (Å²) in [5, 5.41) is 0. The van der Waals surface area contributed by atoms with E-state index in [1.807, 2.05) is 0 Å². The molecule has 0 radical (unpaired) electrons. The first-order chi connectivity index (χ1) is 19.3. The fourth-order valence-corrected chi connectivity index (χ4v) is 5.73. The number of hydrogen-bond donors (Lipinski definition) is 0. The Morgan fingerprint density at radius 2 is 0.564 bits per heavy atom. The molecule has 0 aromatic carbocycles. The molecule has 0 aliphatic rings. The van der Waals surface area contributed by atoms with Gasteiger partial charge < -0.3 is 4.74 Å². The van der Waals surface area contributed by atoms with E-state index in [9.17, 15) is 4.79 Å². The van der Waals surface area contributed by atoms with Crippen LogP contribution in [-0.4, -0.2) is 12.6 Å². The van der Waals surface area contributed by atoms with E-state index in [2.05, 4.69) is 13.8 Å². The molecule has 0 N–H and O–H groups in total. The maximum absolute atomic E-state index is 11.9. The van der Waals surface area contributed by atoms with E-state index in [0.29, 0.717) is 13.0 Å². The molecular formula is C37H74O2. The smallest absolute Gasteiger partial charge is 0.305 e. The summed E-state index contributed by atoms with van der Waals surface area (Å²) in [5.74, 6) is 0.0289. The van der Waals surface area contributed by atoms with Crippen molar-refractivity contribution < 1.29 is 9.53 Å². The highest BCUT2D eigenvalue weighted by Crippen LogP contribution is 2.15. The van der Waals surface area contributed by atoms with Crippen LogP contribution in [0.1, 0.15) is 226 Å². The van der Waals surface area contributed by atoms with Crippen molar-refractivity contribution in [3.05, 3.63) is 0 Å². The molecule has 0 saturated carbocycles. The number of carbonyl (C=O) groups is 1. The van der Waals surface area contributed by atoms with Gasteiger partial charge in [0.25, 0.3) is 0 Å². The summed E-state index contributed by atoms with van der Waals surface area (Å²) >= 11 is 0. The van der Waals surface area contributed by atoms with Crippen LogP contribution in [-0.2, 0) is 9.53 Å². The first kappa shape index (κ1) is 38.5. The topological polar surface area (TPSA) is 26.3 Å². The van der Waals surface area contributed by atoms with Gasteiger partial charge in [-0.05, 0) is 12.8 Å². The van der Waals surface area contributed by atoms with E-state index >= 15 is 0 Å². The number of esters is 1. The predicted molar refractivity (Wildman–Crippen MR) is 175 cm³/mol. The molecule has 0 fully saturated rings. The van der Waals surface area contributed by atoms with Crippen molar-refractivity contribution in [2.75, 3.05) is 6.61 Å². The zero-order chi connectivity index (χ0) is 28.3. The van der Waals surface area contributed by atoms with E-state index in [4.69, 9.17) is 4.74 Å². The molecule has 234 valence electrons. The molecule has 0 atom stereocenters. The summed E-state index contributed by atoms with van der Waals surface area (Å²) in [6, 6.07) is 0. The van der Waals surface area contributed by atoms with E-state index in [1.165, 1.54) is 193 Å². The van der Waals surface area contributed by atoms with Crippen molar-refractivity contribution in [3.63, 3.8) is 0 Å². The minimum Gasteiger partial charge on any atom is -0.466 e. The molecule has 0 heterocycles. The van der Waals surface area contributed by atoms with Crippen molar-refractivity contribution >= 4 is 5.97 Å². The van der Waals surface area contributed by atoms with Gasteiger partial charge in [-0.15, -0.1) is 0 Å². The third-order valence-corrected chi connectivity index (χ3v) is 8.50. The Hall–Kier alpha value is -0.530. The number of unbranched alkanes of at least 4 members (excludes halogenated alkanes) is 30. The maximum Gasteiger partial charge on any atom is 0.305 e. The lowest BCUT2D eigenvalue weighted by Crippen LogP contribution is -2.05. The molecular weight excluding hydrogens is 476 g/mol. The summed E-state index contributed by atoms with van der Waals surface area (Å²) in [7, 11) is 0. The first-order valence-corrected chi connectivity index (χ1v) is 18.5. The summed E-state index contributed by atoms with van der Waals surface area (Å²) in [4.78, 5) is 11.9. The molecule has 0 aliphatic heterocycles. The Balaban J connectivity index is 3.14. The highest BCUT2D eigenvalue weighted by Gasteiger charge is 2.03. The second kappa shape index (κ2) is 35.5. The van der Waals surface area contributed by atoms with Gasteiger partial charge in [0.2, 0.25) is 0 Å². The molecule has 0 rings (SSSR count). The molecule has 0 spiro atoms. The first-order valence-electron chi connectivity index (χ1n) is 18.5. The summed E-state index contributed by atoms with van der Waals surface area (Å²) in [6.07, 6.45) is 44.6. The Morgan fingerprint density at radius 3 is 0.846 bits per heavy atom. The van der Waals surface area contributed by atoms with E-state index < -0.39 is 0 Å². The fraction of sp³-hybridized carbons (Fsp3) is 0.973. The quantitative estimate of drug-likeness (QED) is 0.0588. The Bertz CT molecular complexity index is 447. The van der Waals surface area contributed by atoms with Gasteiger partial charge in [-0.2, -0.15) is 0 Å². The Labute approximate surface area is 247 Å². The van der Waals surface area contributed by atoms with Gasteiger partial charge in [-0.3, -0.25) is 4.79 Å². The van der Waals surface area contributed by atoms with Crippen LogP contribution in [0.3, 0.4) is 0 Å². The van der Waals surface area contributed by atoms with Crippen molar-refractivity contribution in [1.82, 2.24) is 0 Å². The number of carbonyl (C=O) groups excluding carboxylic acids is 1. The van der Waals surface area contributed by atoms with E-state index in [1.54, 1.807) is 0 Å². The minimum absolute atomic E-state index is 0.0289. The summed E-state index contributed by atoms with van der Waals surface area (Å²) < 4.78 is 5.44. The maximum atomic E-state index is 11.9. The molecule has 2 nitrogen and oxygen atoms in total. The van der Waals surface area contributed by atoms with Crippen LogP contribution < -0.4 is 0 Å². The van der Waals surface area contributed by atoms with E-state index in [0.717, 1.165) is 12.8 Å². The second-order valence-corrected chi connectivity index (χ2v) is 12.6. The largest absolute Gasteiger partial charge is 0.466 e. The van der Waals surface area contributed by atoms with Gasteiger partial charge in [-0.25, -0.2) is 0 Å². The van der Waals surface area contributed by atoms with Crippen LogP contribution in [0.4, 0.5) is 0 Å². The SMILES string of the molecule is CCCCCCCCCCCCCCCCCCCCC(=O)OCCCCCCCCCCCCCCCC. The molecule has 0 bridgehead atoms. The van der Waals surface area contributed by atoms with Crippen LogP contribution in [0.15, 0.2) is 0 Å². The average Bonchev–Trinajstić information content (AvgIpc) is 2.94. The van der Waals surface area contributed by atoms with Crippen molar-refractivity contribution in [2.24, 2.45) is 0 Å². The Kier molecular flexibility index (Phi) is 35.0. The Morgan fingerprint density at radius 1 is 0.333 bits per heavy atom. The highest BCUT2D eigenvalue weighted by molar-refractivity contribution is 5.69. The van der Waals surface area contributed by atoms with Crippen LogP contribution in [0.5, 0.6) is 0 Å². The lowest BCUT2D eigenvalue weighted by atomic mass is 10.0. The second-order valence-electron chi connectivity index (χ2n) is 12.6. The molecule has 0 unspecified atom stereocenters. The average molecular weight is 551 g/mol. The lowest BCUT2D eigenvalue weighted by Gasteiger charge is -2.06. The summed E-state index contributed by atoms with van der Waals surface area (Å²) in [5.41, 5.74) is 0. The van der Waals surface area contributed by atoms with Crippen LogP contribution in [0.2, 0.25) is 0 Å². The van der Waals surface area contributed by atoms with Gasteiger partial charge in [0, 0.05) is 6.42 Å². The zero-order valence-electron chi connectivity index (χ0n) is 27.4. The predicted octanol–water partition coefficient (Wildman–Crippen LogP) is 13.4. The lowest BCUT2D eigenvalue weighted by molar-refractivity contribution is -0.143. The number of ether oxygens (including phenoxy) is 1. The third kappa shape index (κ3) is 35.4. The summed E-state index contributed by atoms with van der Waals surface area (Å²) in [6.45, 7) is 5.22. The van der Waals surface area contributed by atoms with Gasteiger partial charge in [0.05, 0.1) is 6.61 Å². The normalized spacial score (nSPS) is 11.3. The van der Waals surface area contributed by atoms with Gasteiger partial charge in [-0.1, -0.05) is 206 Å². The van der Waals surface area contributed by atoms with Crippen LogP contribution >= 0.6 is 0 Å². The highest BCUT2D eigenvalue weighted by atomic mass is 16.5. The van der Waals surface area contributed by atoms with Crippen LogP contribution in [0.25, 0.3) is 0 Å². The number of rotatable bonds is 34. The van der Waals surface area contributed by atoms with Crippen LogP contribution in [0, 0.1) is 0 Å². The third-order valence-electron chi connectivity index (χ3n) is 8.50. The molecule has 0 amide bonds. The van der Waals surface area contributed by atoms with Crippen molar-refractivity contribution in [3.8, 4) is 0 Å². The van der Waals surface area contributed by atoms with E-state index in [-0.39, 0.29) is 5.97 Å².